The summed E-state index contributed by atoms with van der Waals surface area (Å²) < 4.78 is 5.39. The summed E-state index contributed by atoms with van der Waals surface area (Å²) in [6.45, 7) is 14.3. The van der Waals surface area contributed by atoms with Gasteiger partial charge in [-0.25, -0.2) is 0 Å². The van der Waals surface area contributed by atoms with Crippen molar-refractivity contribution in [3.05, 3.63) is 35.5 Å². The molecule has 4 heteroatoms. The first-order valence-electron chi connectivity index (χ1n) is 13.1. The van der Waals surface area contributed by atoms with E-state index >= 15 is 0 Å². The van der Waals surface area contributed by atoms with E-state index in [1.807, 2.05) is 13.8 Å². The van der Waals surface area contributed by atoms with Gasteiger partial charge in [0.1, 0.15) is 6.10 Å². The average Bonchev–Trinajstić information content (AvgIpc) is 3.05. The Kier molecular flexibility index (Phi) is 8.32. The normalized spacial score (nSPS) is 36.2. The van der Waals surface area contributed by atoms with Crippen molar-refractivity contribution in [3.8, 4) is 0 Å². The number of carbonyl (C=O) groups is 1. The van der Waals surface area contributed by atoms with Crippen LogP contribution in [0.3, 0.4) is 0 Å². The quantitative estimate of drug-likeness (QED) is 0.441. The molecule has 3 aliphatic rings. The number of fused-ring (bicyclic) bond motifs is 1. The van der Waals surface area contributed by atoms with Crippen molar-refractivity contribution in [3.63, 3.8) is 0 Å². The Morgan fingerprint density at radius 1 is 1.33 bits per heavy atom. The minimum atomic E-state index is -0.648. The highest BCUT2D eigenvalue weighted by Crippen LogP contribution is 2.60. The summed E-state index contributed by atoms with van der Waals surface area (Å²) in [6.07, 6.45) is 13.9. The summed E-state index contributed by atoms with van der Waals surface area (Å²) in [4.78, 5) is 11.4. The molecule has 0 heterocycles. The Labute approximate surface area is 201 Å². The van der Waals surface area contributed by atoms with Gasteiger partial charge in [-0.05, 0) is 86.7 Å². The van der Waals surface area contributed by atoms with Crippen molar-refractivity contribution in [1.82, 2.24) is 0 Å². The van der Waals surface area contributed by atoms with E-state index in [0.29, 0.717) is 30.1 Å². The number of aliphatic hydroxyl groups excluding tert-OH is 1. The second-order valence-corrected chi connectivity index (χ2v) is 11.9. The first-order chi connectivity index (χ1) is 15.4. The van der Waals surface area contributed by atoms with Crippen molar-refractivity contribution in [2.75, 3.05) is 0 Å². The highest BCUT2D eigenvalue weighted by molar-refractivity contribution is 5.66. The Morgan fingerprint density at radius 3 is 2.73 bits per heavy atom. The molecule has 0 aliphatic heterocycles. The topological polar surface area (TPSA) is 66.8 Å². The molecule has 3 rings (SSSR count). The maximum absolute atomic E-state index is 11.4. The van der Waals surface area contributed by atoms with Gasteiger partial charge in [0.25, 0.3) is 0 Å². The Bertz CT molecular complexity index is 786. The minimum absolute atomic E-state index is 0.273. The maximum Gasteiger partial charge on any atom is 0.302 e. The van der Waals surface area contributed by atoms with Crippen LogP contribution in [0.1, 0.15) is 98.8 Å². The van der Waals surface area contributed by atoms with E-state index in [2.05, 4.69) is 32.6 Å². The Balaban J connectivity index is 1.71. The number of carbonyl (C=O) groups excluding carboxylic acids is 1. The third-order valence-electron chi connectivity index (χ3n) is 8.75. The third kappa shape index (κ3) is 6.39. The van der Waals surface area contributed by atoms with E-state index in [1.165, 1.54) is 39.0 Å². The maximum atomic E-state index is 11.4. The molecular weight excluding hydrogens is 412 g/mol. The summed E-state index contributed by atoms with van der Waals surface area (Å²) >= 11 is 0. The molecule has 2 N–H and O–H groups in total. The summed E-state index contributed by atoms with van der Waals surface area (Å²) in [5.74, 6) is 1.74. The van der Waals surface area contributed by atoms with E-state index in [4.69, 9.17) is 4.74 Å². The summed E-state index contributed by atoms with van der Waals surface area (Å²) in [5.41, 5.74) is 3.09. The summed E-state index contributed by atoms with van der Waals surface area (Å²) in [5, 5.41) is 20.5. The number of allylic oxidation sites excluding steroid dienone is 3. The lowest BCUT2D eigenvalue weighted by molar-refractivity contribution is -0.147. The average molecular weight is 459 g/mol. The number of ether oxygens (including phenoxy) is 1. The predicted molar refractivity (Wildman–Crippen MR) is 134 cm³/mol. The lowest BCUT2D eigenvalue weighted by Crippen LogP contribution is -2.36. The predicted octanol–water partition coefficient (Wildman–Crippen LogP) is 6.28. The first-order valence-corrected chi connectivity index (χ1v) is 13.1. The smallest absolute Gasteiger partial charge is 0.302 e. The van der Waals surface area contributed by atoms with E-state index < -0.39 is 11.7 Å². The lowest BCUT2D eigenvalue weighted by Gasteiger charge is -2.44. The third-order valence-corrected chi connectivity index (χ3v) is 8.75. The van der Waals surface area contributed by atoms with E-state index in [-0.39, 0.29) is 12.1 Å². The van der Waals surface area contributed by atoms with Crippen molar-refractivity contribution >= 4 is 5.97 Å². The van der Waals surface area contributed by atoms with Crippen LogP contribution < -0.4 is 0 Å². The zero-order valence-corrected chi connectivity index (χ0v) is 21.5. The van der Waals surface area contributed by atoms with Crippen LogP contribution >= 0.6 is 0 Å². The van der Waals surface area contributed by atoms with Gasteiger partial charge >= 0.3 is 5.97 Å². The summed E-state index contributed by atoms with van der Waals surface area (Å²) in [6, 6.07) is 0. The molecular formula is C29H46O4. The van der Waals surface area contributed by atoms with Gasteiger partial charge in [0, 0.05) is 19.8 Å². The molecule has 33 heavy (non-hydrogen) atoms. The molecule has 3 aliphatic carbocycles. The van der Waals surface area contributed by atoms with E-state index in [9.17, 15) is 15.0 Å². The zero-order valence-electron chi connectivity index (χ0n) is 21.5. The molecule has 6 atom stereocenters. The van der Waals surface area contributed by atoms with Gasteiger partial charge in [-0.3, -0.25) is 4.79 Å². The van der Waals surface area contributed by atoms with Gasteiger partial charge in [-0.2, -0.15) is 0 Å². The molecule has 186 valence electrons. The fraction of sp³-hybridized carbons (Fsp3) is 0.759. The van der Waals surface area contributed by atoms with Crippen molar-refractivity contribution in [2.45, 2.75) is 117 Å². The molecule has 3 fully saturated rings. The van der Waals surface area contributed by atoms with Crippen LogP contribution in [0.25, 0.3) is 0 Å². The molecule has 4 nitrogen and oxygen atoms in total. The monoisotopic (exact) mass is 458 g/mol. The number of rotatable bonds is 7. The molecule has 0 bridgehead atoms. The van der Waals surface area contributed by atoms with Gasteiger partial charge in [-0.15, -0.1) is 0 Å². The fourth-order valence-electron chi connectivity index (χ4n) is 7.04. The molecule has 0 aromatic heterocycles. The Morgan fingerprint density at radius 2 is 2.06 bits per heavy atom. The second-order valence-electron chi connectivity index (χ2n) is 11.9. The minimum Gasteiger partial charge on any atom is -0.462 e. The van der Waals surface area contributed by atoms with Crippen molar-refractivity contribution in [1.29, 1.82) is 0 Å². The largest absolute Gasteiger partial charge is 0.462 e. The van der Waals surface area contributed by atoms with Crippen LogP contribution in [0.5, 0.6) is 0 Å². The number of hydrogen-bond acceptors (Lipinski definition) is 4. The number of esters is 1. The molecule has 0 spiro atoms. The van der Waals surface area contributed by atoms with Crippen LogP contribution in [0.2, 0.25) is 0 Å². The van der Waals surface area contributed by atoms with Crippen molar-refractivity contribution in [2.24, 2.45) is 23.2 Å². The van der Waals surface area contributed by atoms with Crippen molar-refractivity contribution < 1.29 is 19.7 Å². The molecule has 0 aromatic rings. The molecule has 0 radical (unpaired) electrons. The first kappa shape index (κ1) is 26.2. The van der Waals surface area contributed by atoms with Crippen LogP contribution in [-0.2, 0) is 9.53 Å². The van der Waals surface area contributed by atoms with Gasteiger partial charge in [0.15, 0.2) is 0 Å². The standard InChI is InChI=1S/C29H46O4/c1-19(9-7-15-28(4,5)32)25-13-14-26-22(10-8-16-29(25,26)6)11-12-23-17-24(33-21(3)30)18-27(31)20(23)2/h11-12,19,24-27,31-32H,2,7-10,13-18H2,1,3-6H3/b22-11+,23-12-/t19-,24-,25-,26+,27+,29-/m1/s1. The fourth-order valence-corrected chi connectivity index (χ4v) is 7.04. The molecule has 3 saturated carbocycles. The Hall–Kier alpha value is -1.39. The van der Waals surface area contributed by atoms with Crippen LogP contribution in [-0.4, -0.2) is 34.0 Å². The van der Waals surface area contributed by atoms with Crippen LogP contribution in [0.15, 0.2) is 35.5 Å². The van der Waals surface area contributed by atoms with Gasteiger partial charge in [0.05, 0.1) is 11.7 Å². The molecule has 0 saturated heterocycles. The van der Waals surface area contributed by atoms with Gasteiger partial charge in [0.2, 0.25) is 0 Å². The highest BCUT2D eigenvalue weighted by Gasteiger charge is 2.50. The zero-order chi connectivity index (χ0) is 24.4. The van der Waals surface area contributed by atoms with Crippen LogP contribution in [0.4, 0.5) is 0 Å². The SMILES string of the molecule is C=C1/C(=C\C=C2/CCC[C@]3(C)[C@@H]([C@H](C)CCCC(C)(C)O)CC[C@@H]23)C[C@@H](OC(C)=O)C[C@@H]1O. The molecule has 0 unspecified atom stereocenters. The molecule has 0 aromatic carbocycles. The lowest BCUT2D eigenvalue weighted by atomic mass is 9.60. The number of aliphatic hydroxyl groups is 2. The highest BCUT2D eigenvalue weighted by atomic mass is 16.5. The second kappa shape index (κ2) is 10.5. The number of hydrogen-bond donors (Lipinski definition) is 2. The van der Waals surface area contributed by atoms with E-state index in [1.54, 1.807) is 5.57 Å². The summed E-state index contributed by atoms with van der Waals surface area (Å²) in [7, 11) is 0. The van der Waals surface area contributed by atoms with Gasteiger partial charge < -0.3 is 14.9 Å². The molecule has 0 amide bonds. The van der Waals surface area contributed by atoms with E-state index in [0.717, 1.165) is 36.3 Å². The van der Waals surface area contributed by atoms with Crippen LogP contribution in [0, 0.1) is 23.2 Å². The van der Waals surface area contributed by atoms with Gasteiger partial charge in [-0.1, -0.05) is 51.0 Å².